The number of hydrogen-bond acceptors (Lipinski definition) is 3. The zero-order chi connectivity index (χ0) is 19.2. The second kappa shape index (κ2) is 9.08. The number of likely N-dealkylation sites (tertiary alicyclic amines) is 1. The largest absolute Gasteiger partial charge is 0.340 e. The Morgan fingerprint density at radius 3 is 2.56 bits per heavy atom. The van der Waals surface area contributed by atoms with E-state index in [2.05, 4.69) is 4.90 Å². The Labute approximate surface area is 158 Å². The molecule has 3 rings (SSSR count). The third kappa shape index (κ3) is 5.35. The number of benzene rings is 1. The van der Waals surface area contributed by atoms with Crippen molar-refractivity contribution in [2.75, 3.05) is 45.8 Å². The van der Waals surface area contributed by atoms with Gasteiger partial charge in [0.05, 0.1) is 0 Å². The Morgan fingerprint density at radius 2 is 1.81 bits per heavy atom. The Bertz CT molecular complexity index is 717. The van der Waals surface area contributed by atoms with Gasteiger partial charge in [-0.2, -0.15) is 0 Å². The second-order valence-electron chi connectivity index (χ2n) is 7.00. The molecule has 2 saturated heterocycles. The molecule has 0 radical (unpaired) electrons. The van der Waals surface area contributed by atoms with Crippen LogP contribution in [0.25, 0.3) is 6.08 Å². The second-order valence-corrected chi connectivity index (χ2v) is 7.00. The maximum atomic E-state index is 13.7. The molecule has 146 valence electrons. The van der Waals surface area contributed by atoms with E-state index in [0.717, 1.165) is 31.8 Å². The normalized spacial score (nSPS) is 19.1. The molecule has 2 fully saturated rings. The molecule has 2 aliphatic rings. The standard InChI is InChI=1S/C20H25F2N3O2/c21-17-5-3-16(18(22)15-17)4-6-19(26)24-10-7-20(27)25(14-13-24)12-11-23-8-1-2-9-23/h3-6,15H,1-2,7-14H2/b6-4+. The Balaban J connectivity index is 1.53. The van der Waals surface area contributed by atoms with E-state index in [4.69, 9.17) is 0 Å². The number of carbonyl (C=O) groups excluding carboxylic acids is 2. The first-order valence-corrected chi connectivity index (χ1v) is 9.45. The lowest BCUT2D eigenvalue weighted by atomic mass is 10.2. The molecule has 0 atom stereocenters. The van der Waals surface area contributed by atoms with Gasteiger partial charge in [0.25, 0.3) is 0 Å². The first-order valence-electron chi connectivity index (χ1n) is 9.45. The molecule has 2 aliphatic heterocycles. The zero-order valence-corrected chi connectivity index (χ0v) is 15.4. The van der Waals surface area contributed by atoms with Crippen LogP contribution >= 0.6 is 0 Å². The van der Waals surface area contributed by atoms with Crippen molar-refractivity contribution in [2.24, 2.45) is 0 Å². The molecule has 2 amide bonds. The summed E-state index contributed by atoms with van der Waals surface area (Å²) in [6.07, 6.45) is 5.36. The SMILES string of the molecule is O=C(/C=C/c1ccc(F)cc1F)N1CCC(=O)N(CCN2CCCC2)CC1. The average Bonchev–Trinajstić information content (AvgIpc) is 3.09. The topological polar surface area (TPSA) is 43.9 Å². The number of amides is 2. The van der Waals surface area contributed by atoms with Gasteiger partial charge >= 0.3 is 0 Å². The predicted molar refractivity (Wildman–Crippen MR) is 98.8 cm³/mol. The van der Waals surface area contributed by atoms with E-state index in [1.54, 1.807) is 4.90 Å². The molecule has 1 aromatic rings. The summed E-state index contributed by atoms with van der Waals surface area (Å²) in [7, 11) is 0. The minimum atomic E-state index is -0.710. The summed E-state index contributed by atoms with van der Waals surface area (Å²) in [5.41, 5.74) is 0.155. The van der Waals surface area contributed by atoms with Crippen molar-refractivity contribution in [1.29, 1.82) is 0 Å². The van der Waals surface area contributed by atoms with Crippen LogP contribution in [0.5, 0.6) is 0 Å². The fraction of sp³-hybridized carbons (Fsp3) is 0.500. The van der Waals surface area contributed by atoms with E-state index in [0.29, 0.717) is 32.6 Å². The highest BCUT2D eigenvalue weighted by molar-refractivity contribution is 5.92. The van der Waals surface area contributed by atoms with Crippen LogP contribution in [0, 0.1) is 11.6 Å². The van der Waals surface area contributed by atoms with Crippen LogP contribution in [0.2, 0.25) is 0 Å². The highest BCUT2D eigenvalue weighted by atomic mass is 19.1. The van der Waals surface area contributed by atoms with Gasteiger partial charge in [0.2, 0.25) is 11.8 Å². The summed E-state index contributed by atoms with van der Waals surface area (Å²) >= 11 is 0. The van der Waals surface area contributed by atoms with E-state index < -0.39 is 11.6 Å². The van der Waals surface area contributed by atoms with Crippen molar-refractivity contribution in [3.63, 3.8) is 0 Å². The lowest BCUT2D eigenvalue weighted by Crippen LogP contribution is -2.39. The van der Waals surface area contributed by atoms with Crippen LogP contribution in [0.15, 0.2) is 24.3 Å². The van der Waals surface area contributed by atoms with Gasteiger partial charge < -0.3 is 14.7 Å². The van der Waals surface area contributed by atoms with Crippen molar-refractivity contribution < 1.29 is 18.4 Å². The monoisotopic (exact) mass is 377 g/mol. The van der Waals surface area contributed by atoms with Crippen LogP contribution in [0.4, 0.5) is 8.78 Å². The van der Waals surface area contributed by atoms with Gasteiger partial charge in [0, 0.05) is 56.9 Å². The Kier molecular flexibility index (Phi) is 6.55. The summed E-state index contributed by atoms with van der Waals surface area (Å²) in [6, 6.07) is 3.23. The minimum Gasteiger partial charge on any atom is -0.340 e. The molecule has 0 N–H and O–H groups in total. The molecular weight excluding hydrogens is 352 g/mol. The third-order valence-electron chi connectivity index (χ3n) is 5.15. The molecular formula is C20H25F2N3O2. The van der Waals surface area contributed by atoms with Crippen LogP contribution in [-0.2, 0) is 9.59 Å². The zero-order valence-electron chi connectivity index (χ0n) is 15.4. The van der Waals surface area contributed by atoms with Crippen LogP contribution < -0.4 is 0 Å². The Hall–Kier alpha value is -2.28. The lowest BCUT2D eigenvalue weighted by molar-refractivity contribution is -0.130. The molecule has 5 nitrogen and oxygen atoms in total. The van der Waals surface area contributed by atoms with Crippen molar-refractivity contribution in [1.82, 2.24) is 14.7 Å². The summed E-state index contributed by atoms with van der Waals surface area (Å²) in [5.74, 6) is -1.57. The lowest BCUT2D eigenvalue weighted by Gasteiger charge is -2.24. The smallest absolute Gasteiger partial charge is 0.246 e. The van der Waals surface area contributed by atoms with Crippen molar-refractivity contribution in [3.05, 3.63) is 41.5 Å². The number of nitrogens with zero attached hydrogens (tertiary/aromatic N) is 3. The summed E-state index contributed by atoms with van der Waals surface area (Å²) in [5, 5.41) is 0. The summed E-state index contributed by atoms with van der Waals surface area (Å²) in [4.78, 5) is 30.5. The first kappa shape index (κ1) is 19.5. The number of halogens is 2. The quantitative estimate of drug-likeness (QED) is 0.739. The molecule has 0 aliphatic carbocycles. The summed E-state index contributed by atoms with van der Waals surface area (Å²) < 4.78 is 26.6. The highest BCUT2D eigenvalue weighted by Crippen LogP contribution is 2.13. The maximum absolute atomic E-state index is 13.7. The maximum Gasteiger partial charge on any atom is 0.246 e. The van der Waals surface area contributed by atoms with Crippen LogP contribution in [-0.4, -0.2) is 72.3 Å². The molecule has 2 heterocycles. The van der Waals surface area contributed by atoms with Gasteiger partial charge in [-0.3, -0.25) is 9.59 Å². The van der Waals surface area contributed by atoms with E-state index >= 15 is 0 Å². The number of hydrogen-bond donors (Lipinski definition) is 0. The third-order valence-corrected chi connectivity index (χ3v) is 5.15. The van der Waals surface area contributed by atoms with E-state index in [-0.39, 0.29) is 17.4 Å². The molecule has 0 bridgehead atoms. The number of carbonyl (C=O) groups is 2. The summed E-state index contributed by atoms with van der Waals surface area (Å²) in [6.45, 7) is 5.09. The van der Waals surface area contributed by atoms with Gasteiger partial charge in [-0.05, 0) is 44.1 Å². The van der Waals surface area contributed by atoms with E-state index in [9.17, 15) is 18.4 Å². The Morgan fingerprint density at radius 1 is 1.04 bits per heavy atom. The van der Waals surface area contributed by atoms with Gasteiger partial charge in [0.15, 0.2) is 0 Å². The van der Waals surface area contributed by atoms with Gasteiger partial charge in [0.1, 0.15) is 11.6 Å². The first-order chi connectivity index (χ1) is 13.0. The molecule has 0 unspecified atom stereocenters. The molecule has 0 saturated carbocycles. The van der Waals surface area contributed by atoms with Gasteiger partial charge in [-0.15, -0.1) is 0 Å². The minimum absolute atomic E-state index is 0.0676. The molecule has 1 aromatic carbocycles. The van der Waals surface area contributed by atoms with Gasteiger partial charge in [-0.1, -0.05) is 0 Å². The fourth-order valence-electron chi connectivity index (χ4n) is 3.50. The van der Waals surface area contributed by atoms with E-state index in [1.807, 2.05) is 4.90 Å². The van der Waals surface area contributed by atoms with Crippen molar-refractivity contribution in [2.45, 2.75) is 19.3 Å². The van der Waals surface area contributed by atoms with Crippen molar-refractivity contribution >= 4 is 17.9 Å². The molecule has 0 aromatic heterocycles. The highest BCUT2D eigenvalue weighted by Gasteiger charge is 2.23. The fourth-order valence-corrected chi connectivity index (χ4v) is 3.50. The molecule has 7 heteroatoms. The van der Waals surface area contributed by atoms with Crippen LogP contribution in [0.1, 0.15) is 24.8 Å². The molecule has 27 heavy (non-hydrogen) atoms. The molecule has 0 spiro atoms. The van der Waals surface area contributed by atoms with E-state index in [1.165, 1.54) is 31.1 Å². The van der Waals surface area contributed by atoms with Crippen molar-refractivity contribution in [3.8, 4) is 0 Å². The number of rotatable bonds is 5. The van der Waals surface area contributed by atoms with Gasteiger partial charge in [-0.25, -0.2) is 8.78 Å². The average molecular weight is 377 g/mol. The van der Waals surface area contributed by atoms with Crippen LogP contribution in [0.3, 0.4) is 0 Å². The predicted octanol–water partition coefficient (Wildman–Crippen LogP) is 2.13.